The molecule has 0 aliphatic heterocycles. The van der Waals surface area contributed by atoms with Gasteiger partial charge < -0.3 is 10.1 Å². The van der Waals surface area contributed by atoms with Crippen LogP contribution < -0.4 is 14.8 Å². The molecule has 4 aromatic carbocycles. The molecule has 0 saturated heterocycles. The molecule has 0 bridgehead atoms. The van der Waals surface area contributed by atoms with E-state index in [2.05, 4.69) is 30.1 Å². The van der Waals surface area contributed by atoms with Crippen molar-refractivity contribution in [1.82, 2.24) is 10.0 Å². The van der Waals surface area contributed by atoms with Crippen molar-refractivity contribution >= 4 is 27.5 Å². The molecule has 0 radical (unpaired) electrons. The lowest BCUT2D eigenvalue weighted by Gasteiger charge is -2.23. The Kier molecular flexibility index (Phi) is 11.7. The summed E-state index contributed by atoms with van der Waals surface area (Å²) in [7, 11) is -4.46. The number of amides is 2. The van der Waals surface area contributed by atoms with E-state index >= 15 is 0 Å². The number of rotatable bonds is 13. The maximum atomic E-state index is 14.0. The predicted molar refractivity (Wildman–Crippen MR) is 179 cm³/mol. The molecule has 4 aromatic rings. The van der Waals surface area contributed by atoms with Gasteiger partial charge in [0.25, 0.3) is 15.9 Å². The molecule has 4 rings (SSSR count). The standard InChI is InChI=1S/C37H37F2N3O5S/c1-23(2)15-35(28-17-24(3)16-25(4)18-28)41-37(44)32-19-26(22-47-30-8-6-7-29(20-30)40-5)9-10-27(32)11-14-36(43)42-48(45,46)31-12-13-33(38)34(39)21-31/h6-10,12-13,16-21,23,35H,11,14-15,22H2,1-4H3,(H,41,44)(H,42,43). The van der Waals surface area contributed by atoms with Crippen molar-refractivity contribution in [1.29, 1.82) is 0 Å². The molecular weight excluding hydrogens is 636 g/mol. The first kappa shape index (κ1) is 35.8. The molecule has 1 atom stereocenters. The monoisotopic (exact) mass is 673 g/mol. The van der Waals surface area contributed by atoms with Crippen LogP contribution in [0.4, 0.5) is 14.5 Å². The second-order valence-electron chi connectivity index (χ2n) is 12.1. The number of hydrogen-bond acceptors (Lipinski definition) is 5. The molecule has 1 unspecified atom stereocenters. The smallest absolute Gasteiger partial charge is 0.264 e. The minimum atomic E-state index is -4.46. The van der Waals surface area contributed by atoms with Crippen molar-refractivity contribution in [2.24, 2.45) is 5.92 Å². The summed E-state index contributed by atoms with van der Waals surface area (Å²) in [6.45, 7) is 15.5. The maximum Gasteiger partial charge on any atom is 0.264 e. The van der Waals surface area contributed by atoms with Crippen LogP contribution in [0, 0.1) is 38.0 Å². The summed E-state index contributed by atoms with van der Waals surface area (Å²) in [5.41, 5.74) is 4.98. The van der Waals surface area contributed by atoms with Gasteiger partial charge in [-0.1, -0.05) is 67.4 Å². The van der Waals surface area contributed by atoms with Crippen LogP contribution in [0.5, 0.6) is 5.75 Å². The molecule has 0 fully saturated rings. The van der Waals surface area contributed by atoms with Gasteiger partial charge in [-0.25, -0.2) is 26.8 Å². The van der Waals surface area contributed by atoms with E-state index in [0.717, 1.165) is 22.8 Å². The van der Waals surface area contributed by atoms with E-state index < -0.39 is 32.5 Å². The topological polar surface area (TPSA) is 106 Å². The first-order valence-corrected chi connectivity index (χ1v) is 16.8. The maximum absolute atomic E-state index is 14.0. The van der Waals surface area contributed by atoms with Crippen LogP contribution in [0.1, 0.15) is 70.9 Å². The van der Waals surface area contributed by atoms with E-state index in [1.165, 1.54) is 0 Å². The normalized spacial score (nSPS) is 11.9. The number of carbonyl (C=O) groups excluding carboxylic acids is 2. The number of sulfonamides is 1. The van der Waals surface area contributed by atoms with E-state index in [1.807, 2.05) is 30.7 Å². The highest BCUT2D eigenvalue weighted by Gasteiger charge is 2.23. The molecule has 0 spiro atoms. The van der Waals surface area contributed by atoms with Gasteiger partial charge in [0.15, 0.2) is 17.3 Å². The Morgan fingerprint density at radius 3 is 2.31 bits per heavy atom. The van der Waals surface area contributed by atoms with Crippen LogP contribution in [0.25, 0.3) is 4.85 Å². The Balaban J connectivity index is 1.59. The molecule has 0 aromatic heterocycles. The van der Waals surface area contributed by atoms with Crippen LogP contribution >= 0.6 is 0 Å². The van der Waals surface area contributed by atoms with Gasteiger partial charge >= 0.3 is 0 Å². The van der Waals surface area contributed by atoms with Crippen LogP contribution in [0.3, 0.4) is 0 Å². The highest BCUT2D eigenvalue weighted by atomic mass is 32.2. The average molecular weight is 674 g/mol. The van der Waals surface area contributed by atoms with Gasteiger partial charge in [0.05, 0.1) is 17.5 Å². The molecule has 8 nitrogen and oxygen atoms in total. The summed E-state index contributed by atoms with van der Waals surface area (Å²) in [6.07, 6.45) is 0.373. The lowest BCUT2D eigenvalue weighted by Crippen LogP contribution is -2.32. The fraction of sp³-hybridized carbons (Fsp3) is 0.270. The van der Waals surface area contributed by atoms with E-state index in [9.17, 15) is 26.8 Å². The van der Waals surface area contributed by atoms with Gasteiger partial charge in [-0.15, -0.1) is 0 Å². The highest BCUT2D eigenvalue weighted by molar-refractivity contribution is 7.90. The number of carbonyl (C=O) groups is 2. The Morgan fingerprint density at radius 1 is 0.917 bits per heavy atom. The number of nitrogens with one attached hydrogen (secondary N) is 2. The number of aryl methyl sites for hydroxylation is 3. The van der Waals surface area contributed by atoms with Crippen molar-refractivity contribution in [3.8, 4) is 5.75 Å². The van der Waals surface area contributed by atoms with Gasteiger partial charge in [-0.05, 0) is 85.7 Å². The van der Waals surface area contributed by atoms with Crippen molar-refractivity contribution in [3.63, 3.8) is 0 Å². The summed E-state index contributed by atoms with van der Waals surface area (Å²) in [5.74, 6) is -3.08. The minimum absolute atomic E-state index is 0.00841. The largest absolute Gasteiger partial charge is 0.490 e. The van der Waals surface area contributed by atoms with E-state index in [4.69, 9.17) is 11.3 Å². The number of halogens is 2. The Labute approximate surface area is 280 Å². The third-order valence-electron chi connectivity index (χ3n) is 7.50. The second kappa shape index (κ2) is 15.7. The number of nitrogens with zero attached hydrogens (tertiary/aromatic N) is 1. The molecule has 0 aliphatic rings. The Bertz CT molecular complexity index is 1950. The predicted octanol–water partition coefficient (Wildman–Crippen LogP) is 7.67. The van der Waals surface area contributed by atoms with Crippen LogP contribution in [0.15, 0.2) is 83.8 Å². The van der Waals surface area contributed by atoms with Gasteiger partial charge in [0.2, 0.25) is 5.91 Å². The number of benzene rings is 4. The van der Waals surface area contributed by atoms with E-state index in [1.54, 1.807) is 42.5 Å². The Hall–Kier alpha value is -5.08. The molecule has 0 saturated carbocycles. The molecule has 2 amide bonds. The second-order valence-corrected chi connectivity index (χ2v) is 13.8. The van der Waals surface area contributed by atoms with Crippen LogP contribution in [-0.2, 0) is 27.8 Å². The minimum Gasteiger partial charge on any atom is -0.490 e. The molecule has 2 N–H and O–H groups in total. The third-order valence-corrected chi connectivity index (χ3v) is 8.87. The van der Waals surface area contributed by atoms with Gasteiger partial charge in [0.1, 0.15) is 12.4 Å². The summed E-state index contributed by atoms with van der Waals surface area (Å²) in [4.78, 5) is 29.6. The SMILES string of the molecule is [C-]#[N+]c1cccc(OCc2ccc(CCC(=O)NS(=O)(=O)c3ccc(F)c(F)c3)c(C(=O)NC(CC(C)C)c3cc(C)cc(C)c3)c2)c1. The summed E-state index contributed by atoms with van der Waals surface area (Å²) in [6, 6.07) is 19.7. The highest BCUT2D eigenvalue weighted by Crippen LogP contribution is 2.26. The first-order valence-electron chi connectivity index (χ1n) is 15.4. The number of hydrogen-bond donors (Lipinski definition) is 2. The number of ether oxygens (including phenoxy) is 1. The van der Waals surface area contributed by atoms with E-state index in [0.29, 0.717) is 46.7 Å². The van der Waals surface area contributed by atoms with Gasteiger partial charge in [-0.3, -0.25) is 9.59 Å². The molecule has 250 valence electrons. The van der Waals surface area contributed by atoms with Crippen LogP contribution in [-0.4, -0.2) is 20.2 Å². The summed E-state index contributed by atoms with van der Waals surface area (Å²) >= 11 is 0. The Morgan fingerprint density at radius 2 is 1.65 bits per heavy atom. The third kappa shape index (κ3) is 9.72. The van der Waals surface area contributed by atoms with E-state index in [-0.39, 0.29) is 37.3 Å². The molecular formula is C37H37F2N3O5S. The molecule has 11 heteroatoms. The molecule has 0 heterocycles. The van der Waals surface area contributed by atoms with Gasteiger partial charge in [-0.2, -0.15) is 0 Å². The first-order chi connectivity index (χ1) is 22.7. The zero-order valence-electron chi connectivity index (χ0n) is 27.1. The fourth-order valence-electron chi connectivity index (χ4n) is 5.30. The fourth-order valence-corrected chi connectivity index (χ4v) is 6.33. The van der Waals surface area contributed by atoms with Crippen molar-refractivity contribution in [2.45, 2.75) is 64.5 Å². The zero-order valence-corrected chi connectivity index (χ0v) is 28.0. The van der Waals surface area contributed by atoms with Crippen molar-refractivity contribution < 1.29 is 31.5 Å². The van der Waals surface area contributed by atoms with Crippen molar-refractivity contribution in [2.75, 3.05) is 0 Å². The summed E-state index contributed by atoms with van der Waals surface area (Å²) < 4.78 is 60.0. The lowest BCUT2D eigenvalue weighted by molar-refractivity contribution is -0.119. The van der Waals surface area contributed by atoms with Crippen LogP contribution in [0.2, 0.25) is 0 Å². The molecule has 0 aliphatic carbocycles. The molecule has 48 heavy (non-hydrogen) atoms. The summed E-state index contributed by atoms with van der Waals surface area (Å²) in [5, 5.41) is 3.17. The van der Waals surface area contributed by atoms with Crippen molar-refractivity contribution in [3.05, 3.63) is 135 Å². The quantitative estimate of drug-likeness (QED) is 0.142. The van der Waals surface area contributed by atoms with Gasteiger partial charge in [0, 0.05) is 12.0 Å². The zero-order chi connectivity index (χ0) is 35.0. The lowest BCUT2D eigenvalue weighted by atomic mass is 9.93. The average Bonchev–Trinajstić information content (AvgIpc) is 3.03.